The van der Waals surface area contributed by atoms with Gasteiger partial charge in [0.25, 0.3) is 0 Å². The molecule has 1 N–H and O–H groups in total. The van der Waals surface area contributed by atoms with E-state index in [1.807, 2.05) is 47.0 Å². The summed E-state index contributed by atoms with van der Waals surface area (Å²) >= 11 is 0. The van der Waals surface area contributed by atoms with Crippen LogP contribution >= 0.6 is 0 Å². The fourth-order valence-corrected chi connectivity index (χ4v) is 2.28. The van der Waals surface area contributed by atoms with Crippen molar-refractivity contribution in [3.05, 3.63) is 61.2 Å². The minimum Gasteiger partial charge on any atom is -0.395 e. The first-order valence-electron chi connectivity index (χ1n) is 6.52. The zero-order chi connectivity index (χ0) is 13.8. The Hall–Kier alpha value is -2.46. The number of rotatable bonds is 4. The van der Waals surface area contributed by atoms with Crippen molar-refractivity contribution in [3.8, 4) is 22.5 Å². The Bertz CT molecular complexity index is 677. The average Bonchev–Trinajstić information content (AvgIpc) is 2.93. The van der Waals surface area contributed by atoms with Crippen LogP contribution in [0, 0.1) is 0 Å². The quantitative estimate of drug-likeness (QED) is 0.789. The minimum atomic E-state index is 0.0860. The van der Waals surface area contributed by atoms with E-state index in [9.17, 15) is 5.11 Å². The molecule has 4 nitrogen and oxygen atoms in total. The van der Waals surface area contributed by atoms with Crippen molar-refractivity contribution >= 4 is 0 Å². The molecular formula is C16H15N3O. The lowest BCUT2D eigenvalue weighted by Crippen LogP contribution is -2.02. The molecule has 0 atom stereocenters. The molecule has 2 aromatic heterocycles. The summed E-state index contributed by atoms with van der Waals surface area (Å²) in [5.41, 5.74) is 4.04. The summed E-state index contributed by atoms with van der Waals surface area (Å²) in [6.07, 6.45) is 5.30. The van der Waals surface area contributed by atoms with Crippen molar-refractivity contribution in [3.63, 3.8) is 0 Å². The number of benzene rings is 1. The third kappa shape index (κ3) is 2.33. The van der Waals surface area contributed by atoms with Crippen LogP contribution in [0.2, 0.25) is 0 Å². The lowest BCUT2D eigenvalue weighted by molar-refractivity contribution is 0.276. The van der Waals surface area contributed by atoms with Crippen molar-refractivity contribution in [2.45, 2.75) is 6.54 Å². The van der Waals surface area contributed by atoms with Crippen molar-refractivity contribution in [1.82, 2.24) is 14.5 Å². The number of hydrogen-bond donors (Lipinski definition) is 1. The molecular weight excluding hydrogens is 250 g/mol. The first-order valence-corrected chi connectivity index (χ1v) is 6.52. The van der Waals surface area contributed by atoms with Crippen molar-refractivity contribution in [2.75, 3.05) is 6.61 Å². The molecule has 0 aliphatic heterocycles. The molecule has 0 fully saturated rings. The first kappa shape index (κ1) is 12.6. The van der Waals surface area contributed by atoms with E-state index in [-0.39, 0.29) is 6.61 Å². The Labute approximate surface area is 117 Å². The number of hydrogen-bond acceptors (Lipinski definition) is 3. The highest BCUT2D eigenvalue weighted by Crippen LogP contribution is 2.30. The standard InChI is InChI=1S/C16H15N3O/c20-11-10-19-12-18-15(13-4-2-1-3-5-13)16(19)14-6-8-17-9-7-14/h1-9,12,20H,10-11H2. The third-order valence-electron chi connectivity index (χ3n) is 3.18. The van der Waals surface area contributed by atoms with Gasteiger partial charge in [0.15, 0.2) is 0 Å². The Kier molecular flexibility index (Phi) is 3.56. The monoisotopic (exact) mass is 265 g/mol. The molecule has 1 aromatic carbocycles. The van der Waals surface area contributed by atoms with Crippen LogP contribution in [0.15, 0.2) is 61.2 Å². The molecule has 0 unspecified atom stereocenters. The van der Waals surface area contributed by atoms with E-state index >= 15 is 0 Å². The van der Waals surface area contributed by atoms with Gasteiger partial charge in [0, 0.05) is 30.1 Å². The molecule has 0 spiro atoms. The van der Waals surface area contributed by atoms with E-state index in [1.165, 1.54) is 0 Å². The first-order chi connectivity index (χ1) is 9.90. The summed E-state index contributed by atoms with van der Waals surface area (Å²) in [5, 5.41) is 9.21. The van der Waals surface area contributed by atoms with Crippen molar-refractivity contribution < 1.29 is 5.11 Å². The Morgan fingerprint density at radius 2 is 1.70 bits per heavy atom. The van der Waals surface area contributed by atoms with Crippen LogP contribution in [-0.2, 0) is 6.54 Å². The highest BCUT2D eigenvalue weighted by molar-refractivity contribution is 5.78. The van der Waals surface area contributed by atoms with E-state index in [0.717, 1.165) is 22.5 Å². The summed E-state index contributed by atoms with van der Waals surface area (Å²) in [5.74, 6) is 0. The van der Waals surface area contributed by atoms with Gasteiger partial charge in [0.05, 0.1) is 24.3 Å². The number of nitrogens with zero attached hydrogens (tertiary/aromatic N) is 3. The van der Waals surface area contributed by atoms with Crippen LogP contribution in [0.3, 0.4) is 0 Å². The number of aromatic nitrogens is 3. The second-order valence-corrected chi connectivity index (χ2v) is 4.46. The molecule has 0 saturated carbocycles. The van der Waals surface area contributed by atoms with Gasteiger partial charge in [-0.3, -0.25) is 4.98 Å². The summed E-state index contributed by atoms with van der Waals surface area (Å²) in [6.45, 7) is 0.611. The van der Waals surface area contributed by atoms with E-state index in [4.69, 9.17) is 0 Å². The maximum absolute atomic E-state index is 9.21. The summed E-state index contributed by atoms with van der Waals surface area (Å²) in [6, 6.07) is 14.0. The molecule has 4 heteroatoms. The van der Waals surface area contributed by atoms with Gasteiger partial charge < -0.3 is 9.67 Å². The van der Waals surface area contributed by atoms with Crippen molar-refractivity contribution in [2.24, 2.45) is 0 Å². The third-order valence-corrected chi connectivity index (χ3v) is 3.18. The number of pyridine rings is 1. The van der Waals surface area contributed by atoms with Crippen LogP contribution in [0.1, 0.15) is 0 Å². The van der Waals surface area contributed by atoms with Gasteiger partial charge in [-0.05, 0) is 12.1 Å². The van der Waals surface area contributed by atoms with Gasteiger partial charge in [-0.15, -0.1) is 0 Å². The molecule has 0 saturated heterocycles. The van der Waals surface area contributed by atoms with Gasteiger partial charge in [0.1, 0.15) is 0 Å². The van der Waals surface area contributed by atoms with E-state index in [2.05, 4.69) is 9.97 Å². The van der Waals surface area contributed by atoms with E-state index < -0.39 is 0 Å². The molecule has 0 aliphatic carbocycles. The second-order valence-electron chi connectivity index (χ2n) is 4.46. The molecule has 0 bridgehead atoms. The zero-order valence-corrected chi connectivity index (χ0v) is 11.0. The Morgan fingerprint density at radius 1 is 0.950 bits per heavy atom. The van der Waals surface area contributed by atoms with Crippen LogP contribution in [0.5, 0.6) is 0 Å². The zero-order valence-electron chi connectivity index (χ0n) is 11.0. The number of aliphatic hydroxyl groups excluding tert-OH is 1. The molecule has 2 heterocycles. The highest BCUT2D eigenvalue weighted by atomic mass is 16.3. The van der Waals surface area contributed by atoms with Crippen molar-refractivity contribution in [1.29, 1.82) is 0 Å². The Morgan fingerprint density at radius 3 is 2.40 bits per heavy atom. The lowest BCUT2D eigenvalue weighted by Gasteiger charge is -2.09. The fourth-order valence-electron chi connectivity index (χ4n) is 2.28. The van der Waals surface area contributed by atoms with Gasteiger partial charge >= 0.3 is 0 Å². The molecule has 0 amide bonds. The Balaban J connectivity index is 2.17. The topological polar surface area (TPSA) is 50.9 Å². The minimum absolute atomic E-state index is 0.0860. The van der Waals surface area contributed by atoms with Crippen LogP contribution in [0.4, 0.5) is 0 Å². The SMILES string of the molecule is OCCn1cnc(-c2ccccc2)c1-c1ccncc1. The van der Waals surface area contributed by atoms with E-state index in [1.54, 1.807) is 18.7 Å². The van der Waals surface area contributed by atoms with Gasteiger partial charge in [-0.25, -0.2) is 4.98 Å². The average molecular weight is 265 g/mol. The highest BCUT2D eigenvalue weighted by Gasteiger charge is 2.14. The molecule has 20 heavy (non-hydrogen) atoms. The smallest absolute Gasteiger partial charge is 0.0963 e. The van der Waals surface area contributed by atoms with E-state index in [0.29, 0.717) is 6.54 Å². The maximum Gasteiger partial charge on any atom is 0.0963 e. The fraction of sp³-hybridized carbons (Fsp3) is 0.125. The van der Waals surface area contributed by atoms with Gasteiger partial charge in [-0.1, -0.05) is 30.3 Å². The number of imidazole rings is 1. The van der Waals surface area contributed by atoms with Crippen LogP contribution < -0.4 is 0 Å². The van der Waals surface area contributed by atoms with Crippen LogP contribution in [-0.4, -0.2) is 26.2 Å². The lowest BCUT2D eigenvalue weighted by atomic mass is 10.1. The van der Waals surface area contributed by atoms with Gasteiger partial charge in [0.2, 0.25) is 0 Å². The second kappa shape index (κ2) is 5.67. The summed E-state index contributed by atoms with van der Waals surface area (Å²) < 4.78 is 1.97. The van der Waals surface area contributed by atoms with Crippen LogP contribution in [0.25, 0.3) is 22.5 Å². The largest absolute Gasteiger partial charge is 0.395 e. The molecule has 3 aromatic rings. The maximum atomic E-state index is 9.21. The molecule has 100 valence electrons. The van der Waals surface area contributed by atoms with Gasteiger partial charge in [-0.2, -0.15) is 0 Å². The predicted octanol–water partition coefficient (Wildman–Crippen LogP) is 2.60. The summed E-state index contributed by atoms with van der Waals surface area (Å²) in [7, 11) is 0. The molecule has 3 rings (SSSR count). The predicted molar refractivity (Wildman–Crippen MR) is 78.0 cm³/mol. The molecule has 0 aliphatic rings. The summed E-state index contributed by atoms with van der Waals surface area (Å²) in [4.78, 5) is 8.57. The normalized spacial score (nSPS) is 10.7. The molecule has 0 radical (unpaired) electrons. The number of aliphatic hydroxyl groups is 1.